The van der Waals surface area contributed by atoms with Gasteiger partial charge < -0.3 is 9.80 Å². The van der Waals surface area contributed by atoms with Crippen LogP contribution in [0.4, 0.5) is 9.18 Å². The van der Waals surface area contributed by atoms with Crippen molar-refractivity contribution >= 4 is 21.8 Å². The second-order valence-electron chi connectivity index (χ2n) is 8.44. The zero-order chi connectivity index (χ0) is 23.7. The van der Waals surface area contributed by atoms with Crippen molar-refractivity contribution in [3.05, 3.63) is 23.5 Å². The summed E-state index contributed by atoms with van der Waals surface area (Å²) in [6.45, 7) is 2.32. The Kier molecular flexibility index (Phi) is 6.38. The lowest BCUT2D eigenvalue weighted by atomic mass is 10.1. The molecule has 172 valence electrons. The average molecular weight is 465 g/mol. The zero-order valence-corrected chi connectivity index (χ0v) is 18.9. The highest BCUT2D eigenvalue weighted by atomic mass is 32.2. The summed E-state index contributed by atoms with van der Waals surface area (Å²) in [4.78, 5) is 27.9. The number of hydrogen-bond acceptors (Lipinski definition) is 6. The largest absolute Gasteiger partial charge is 0.328 e. The summed E-state index contributed by atoms with van der Waals surface area (Å²) in [6.07, 6.45) is 2.61. The molecule has 0 saturated carbocycles. The van der Waals surface area contributed by atoms with Gasteiger partial charge in [0, 0.05) is 49.8 Å². The van der Waals surface area contributed by atoms with Gasteiger partial charge in [-0.1, -0.05) is 5.92 Å². The molecule has 1 saturated heterocycles. The van der Waals surface area contributed by atoms with Crippen molar-refractivity contribution in [3.8, 4) is 23.7 Å². The summed E-state index contributed by atoms with van der Waals surface area (Å²) < 4.78 is 38.0. The first-order valence-corrected chi connectivity index (χ1v) is 11.8. The van der Waals surface area contributed by atoms with Crippen LogP contribution in [0.1, 0.15) is 31.0 Å². The fourth-order valence-corrected chi connectivity index (χ4v) is 4.55. The number of nitrogens with one attached hydrogen (secondary N) is 1. The van der Waals surface area contributed by atoms with Crippen molar-refractivity contribution in [1.29, 1.82) is 0 Å². The van der Waals surface area contributed by atoms with E-state index in [-0.39, 0.29) is 32.1 Å². The number of aromatic nitrogens is 1. The summed E-state index contributed by atoms with van der Waals surface area (Å²) >= 11 is 0. The first-order chi connectivity index (χ1) is 14.9. The summed E-state index contributed by atoms with van der Waals surface area (Å²) in [5.74, 6) is 9.50. The van der Waals surface area contributed by atoms with Crippen LogP contribution in [0.15, 0.2) is 12.3 Å². The van der Waals surface area contributed by atoms with Gasteiger partial charge in [-0.3, -0.25) is 14.6 Å². The van der Waals surface area contributed by atoms with Gasteiger partial charge in [-0.15, -0.1) is 0 Å². The maximum absolute atomic E-state index is 14.4. The molecule has 2 aliphatic rings. The molecule has 0 bridgehead atoms. The van der Waals surface area contributed by atoms with Crippen molar-refractivity contribution in [2.24, 2.45) is 0 Å². The number of nitrogens with zero attached hydrogens (tertiary/aromatic N) is 3. The Morgan fingerprint density at radius 1 is 1.41 bits per heavy atom. The number of likely N-dealkylation sites (tertiary alicyclic amines) is 1. The van der Waals surface area contributed by atoms with Crippen molar-refractivity contribution in [2.75, 3.05) is 32.9 Å². The van der Waals surface area contributed by atoms with Gasteiger partial charge in [-0.05, 0) is 44.2 Å². The van der Waals surface area contributed by atoms with Gasteiger partial charge in [0.05, 0.1) is 6.54 Å². The van der Waals surface area contributed by atoms with Crippen LogP contribution < -0.4 is 5.48 Å². The molecule has 32 heavy (non-hydrogen) atoms. The molecule has 3 heterocycles. The Hall–Kier alpha value is -2.86. The lowest BCUT2D eigenvalue weighted by molar-refractivity contribution is -0.131. The number of halogens is 1. The second kappa shape index (κ2) is 8.58. The third-order valence-electron chi connectivity index (χ3n) is 5.95. The van der Waals surface area contributed by atoms with Crippen LogP contribution in [0.2, 0.25) is 0 Å². The summed E-state index contributed by atoms with van der Waals surface area (Å²) in [6, 6.07) is 1.33. The molecule has 11 heteroatoms. The maximum Gasteiger partial charge on any atom is 0.328 e. The number of alkyl halides is 1. The standard InChI is InChI=1S/C21H25FN4O5S/c1-20(18(27)23-29,32(3,30)31)8-11-25-14-17-12-16(13-26(17)19(25)28)6-4-5-7-21(22)9-10-24(2)15-21/h12-13,29H,8-11,14-15H2,1-3H3,(H,23,27)/t20-,21-/m1/s1. The Labute approximate surface area is 186 Å². The predicted octanol–water partition coefficient (Wildman–Crippen LogP) is 0.369. The van der Waals surface area contributed by atoms with E-state index in [0.29, 0.717) is 24.2 Å². The highest BCUT2D eigenvalue weighted by Crippen LogP contribution is 2.26. The minimum atomic E-state index is -3.85. The summed E-state index contributed by atoms with van der Waals surface area (Å²) in [7, 11) is -2.02. The number of amides is 2. The Bertz CT molecular complexity index is 1170. The molecule has 1 aromatic rings. The van der Waals surface area contributed by atoms with E-state index < -0.39 is 26.2 Å². The Morgan fingerprint density at radius 2 is 2.12 bits per heavy atom. The van der Waals surface area contributed by atoms with Gasteiger partial charge in [0.15, 0.2) is 20.3 Å². The molecular weight excluding hydrogens is 439 g/mol. The van der Waals surface area contributed by atoms with Crippen LogP contribution in [0.3, 0.4) is 0 Å². The van der Waals surface area contributed by atoms with Crippen molar-refractivity contribution in [3.63, 3.8) is 0 Å². The molecule has 0 spiro atoms. The number of carbonyl (C=O) groups excluding carboxylic acids is 2. The van der Waals surface area contributed by atoms with Crippen LogP contribution in [-0.4, -0.2) is 83.3 Å². The predicted molar refractivity (Wildman–Crippen MR) is 114 cm³/mol. The average Bonchev–Trinajstić information content (AvgIpc) is 3.36. The van der Waals surface area contributed by atoms with Crippen LogP contribution in [0.5, 0.6) is 0 Å². The highest BCUT2D eigenvalue weighted by Gasteiger charge is 2.44. The second-order valence-corrected chi connectivity index (χ2v) is 10.9. The van der Waals surface area contributed by atoms with Crippen LogP contribution in [-0.2, 0) is 21.2 Å². The minimum Gasteiger partial charge on any atom is -0.318 e. The van der Waals surface area contributed by atoms with E-state index in [9.17, 15) is 22.4 Å². The van der Waals surface area contributed by atoms with Crippen LogP contribution in [0, 0.1) is 23.7 Å². The molecule has 0 aliphatic carbocycles. The van der Waals surface area contributed by atoms with E-state index in [1.165, 1.54) is 28.1 Å². The Balaban J connectivity index is 1.65. The molecule has 1 aromatic heterocycles. The molecule has 0 aromatic carbocycles. The molecule has 9 nitrogen and oxygen atoms in total. The van der Waals surface area contributed by atoms with Gasteiger partial charge in [-0.2, -0.15) is 0 Å². The first-order valence-electron chi connectivity index (χ1n) is 9.94. The molecule has 3 rings (SSSR count). The van der Waals surface area contributed by atoms with Gasteiger partial charge in [0.2, 0.25) is 0 Å². The van der Waals surface area contributed by atoms with Crippen LogP contribution >= 0.6 is 0 Å². The van der Waals surface area contributed by atoms with Gasteiger partial charge >= 0.3 is 6.03 Å². The van der Waals surface area contributed by atoms with Crippen molar-refractivity contribution in [1.82, 2.24) is 19.8 Å². The fraction of sp³-hybridized carbons (Fsp3) is 0.524. The van der Waals surface area contributed by atoms with E-state index in [1.807, 2.05) is 11.9 Å². The SMILES string of the molecule is CN1CC[C@](F)(C#CC#Cc2cc3n(c2)C(=O)N(CC[C@](C)(C(=O)NO)S(C)(=O)=O)C3)C1. The van der Waals surface area contributed by atoms with E-state index in [2.05, 4.69) is 23.7 Å². The number of hydrogen-bond donors (Lipinski definition) is 2. The molecule has 2 aliphatic heterocycles. The summed E-state index contributed by atoms with van der Waals surface area (Å²) in [5, 5.41) is 8.90. The monoisotopic (exact) mass is 464 g/mol. The van der Waals surface area contributed by atoms with Crippen molar-refractivity contribution in [2.45, 2.75) is 36.7 Å². The normalized spacial score (nSPS) is 22.4. The summed E-state index contributed by atoms with van der Waals surface area (Å²) in [5.41, 5.74) is 1.05. The van der Waals surface area contributed by atoms with Crippen molar-refractivity contribution < 1.29 is 27.6 Å². The van der Waals surface area contributed by atoms with Crippen LogP contribution in [0.25, 0.3) is 0 Å². The van der Waals surface area contributed by atoms with E-state index in [4.69, 9.17) is 5.21 Å². The van der Waals surface area contributed by atoms with Gasteiger partial charge in [-0.25, -0.2) is 23.1 Å². The van der Waals surface area contributed by atoms with Gasteiger partial charge in [0.25, 0.3) is 5.91 Å². The maximum atomic E-state index is 14.4. The Morgan fingerprint density at radius 3 is 2.69 bits per heavy atom. The number of carbonyl (C=O) groups is 2. The quantitative estimate of drug-likeness (QED) is 0.370. The van der Waals surface area contributed by atoms with Gasteiger partial charge in [0.1, 0.15) is 0 Å². The van der Waals surface area contributed by atoms with E-state index >= 15 is 0 Å². The number of rotatable bonds is 5. The smallest absolute Gasteiger partial charge is 0.318 e. The first kappa shape index (κ1) is 23.8. The topological polar surface area (TPSA) is 112 Å². The van der Waals surface area contributed by atoms with E-state index in [0.717, 1.165) is 6.26 Å². The molecule has 2 atom stereocenters. The number of hydroxylamine groups is 1. The molecule has 1 fully saturated rings. The molecule has 2 amide bonds. The fourth-order valence-electron chi connectivity index (χ4n) is 3.70. The number of fused-ring (bicyclic) bond motifs is 1. The lowest BCUT2D eigenvalue weighted by Crippen LogP contribution is -2.50. The number of sulfone groups is 1. The molecule has 0 radical (unpaired) electrons. The third-order valence-corrected chi connectivity index (χ3v) is 7.98. The highest BCUT2D eigenvalue weighted by molar-refractivity contribution is 7.92. The third kappa shape index (κ3) is 4.65. The zero-order valence-electron chi connectivity index (χ0n) is 18.1. The minimum absolute atomic E-state index is 0.00296. The molecule has 2 N–H and O–H groups in total. The van der Waals surface area contributed by atoms with E-state index in [1.54, 1.807) is 6.07 Å². The lowest BCUT2D eigenvalue weighted by Gasteiger charge is -2.27. The molecule has 0 unspecified atom stereocenters. The molecular formula is C21H25FN4O5S.